The molecule has 2 N–H and O–H groups in total. The molecule has 11 heteroatoms. The quantitative estimate of drug-likeness (QED) is 0.175. The second-order valence-electron chi connectivity index (χ2n) is 9.95. The van der Waals surface area contributed by atoms with E-state index in [1.807, 2.05) is 13.0 Å². The summed E-state index contributed by atoms with van der Waals surface area (Å²) in [5.74, 6) is -1.15. The summed E-state index contributed by atoms with van der Waals surface area (Å²) in [6.07, 6.45) is 4.51. The Hall–Kier alpha value is -3.57. The molecule has 0 spiro atoms. The van der Waals surface area contributed by atoms with E-state index in [-0.39, 0.29) is 17.5 Å². The minimum absolute atomic E-state index is 0.0526. The van der Waals surface area contributed by atoms with Gasteiger partial charge in [0.2, 0.25) is 5.91 Å². The molecular formula is C30H40F2N4O5. The number of nitrogens with zero attached hydrogens (tertiary/aromatic N) is 3. The minimum Gasteiger partial charge on any atom is -0.493 e. The van der Waals surface area contributed by atoms with Gasteiger partial charge in [-0.2, -0.15) is 8.78 Å². The number of alkyl halides is 2. The molecule has 3 aromatic rings. The first-order valence-electron chi connectivity index (χ1n) is 13.6. The molecule has 0 saturated carbocycles. The average Bonchev–Trinajstić information content (AvgIpc) is 2.97. The number of aliphatic hydroxyl groups is 1. The number of fused-ring (bicyclic) bond motifs is 1. The fraction of sp³-hybridized carbons (Fsp3) is 0.500. The highest BCUT2D eigenvalue weighted by molar-refractivity contribution is 5.94. The first-order chi connectivity index (χ1) is 19.6. The first kappa shape index (κ1) is 32.0. The summed E-state index contributed by atoms with van der Waals surface area (Å²) in [6, 6.07) is 7.43. The van der Waals surface area contributed by atoms with Crippen LogP contribution >= 0.6 is 0 Å². The van der Waals surface area contributed by atoms with Crippen molar-refractivity contribution >= 4 is 22.6 Å². The zero-order chi connectivity index (χ0) is 30.2. The molecule has 9 nitrogen and oxygen atoms in total. The standard InChI is InChI=1S/C30H40F2N4O5/c1-19(21-12-11-13-22(16-21)30(31,32)18-37)33-29-24-17-25(39-4)28(40-5)23(27(24)34-20(2)35-29)14-9-7-8-10-15-26(38)36(3)41-6/h11-13,16-17,19,37H,7-10,14-15,18H2,1-6H3,(H,33,34,35). The molecule has 1 aromatic heterocycles. The summed E-state index contributed by atoms with van der Waals surface area (Å²) >= 11 is 0. The maximum absolute atomic E-state index is 14.1. The molecule has 0 fully saturated rings. The lowest BCUT2D eigenvalue weighted by molar-refractivity contribution is -0.168. The highest BCUT2D eigenvalue weighted by Crippen LogP contribution is 2.40. The number of aliphatic hydroxyl groups excluding tert-OH is 1. The van der Waals surface area contributed by atoms with E-state index in [2.05, 4.69) is 10.3 Å². The van der Waals surface area contributed by atoms with E-state index >= 15 is 0 Å². The SMILES string of the molecule is COc1cc2c(NC(C)c3cccc(C(F)(F)CO)c3)nc(C)nc2c(CCCCCCC(=O)N(C)OC)c1OC. The maximum Gasteiger partial charge on any atom is 0.295 e. The van der Waals surface area contributed by atoms with Crippen LogP contribution < -0.4 is 14.8 Å². The Morgan fingerprint density at radius 2 is 1.83 bits per heavy atom. The van der Waals surface area contributed by atoms with Gasteiger partial charge < -0.3 is 19.9 Å². The number of hydrogen-bond acceptors (Lipinski definition) is 8. The molecule has 0 radical (unpaired) electrons. The van der Waals surface area contributed by atoms with Crippen LogP contribution in [0, 0.1) is 6.92 Å². The number of carbonyl (C=O) groups excluding carboxylic acids is 1. The van der Waals surface area contributed by atoms with Gasteiger partial charge in [-0.1, -0.05) is 31.0 Å². The Morgan fingerprint density at radius 3 is 2.49 bits per heavy atom. The van der Waals surface area contributed by atoms with Crippen LogP contribution in [0.5, 0.6) is 11.5 Å². The van der Waals surface area contributed by atoms with Crippen LogP contribution in [0.4, 0.5) is 14.6 Å². The maximum atomic E-state index is 14.1. The van der Waals surface area contributed by atoms with Gasteiger partial charge in [-0.15, -0.1) is 0 Å². The van der Waals surface area contributed by atoms with Crippen molar-refractivity contribution in [3.05, 3.63) is 52.8 Å². The number of aromatic nitrogens is 2. The van der Waals surface area contributed by atoms with Crippen molar-refractivity contribution in [3.63, 3.8) is 0 Å². The largest absolute Gasteiger partial charge is 0.493 e. The number of hydrogen-bond donors (Lipinski definition) is 2. The number of nitrogens with one attached hydrogen (secondary N) is 1. The number of hydroxylamine groups is 2. The van der Waals surface area contributed by atoms with E-state index in [0.717, 1.165) is 42.1 Å². The van der Waals surface area contributed by atoms with Crippen molar-refractivity contribution < 1.29 is 33.0 Å². The molecule has 2 aromatic carbocycles. The summed E-state index contributed by atoms with van der Waals surface area (Å²) in [6.45, 7) is 2.39. The average molecular weight is 575 g/mol. The number of carbonyl (C=O) groups is 1. The monoisotopic (exact) mass is 574 g/mol. The minimum atomic E-state index is -3.33. The molecule has 0 bridgehead atoms. The zero-order valence-corrected chi connectivity index (χ0v) is 24.6. The predicted octanol–water partition coefficient (Wildman–Crippen LogP) is 5.73. The lowest BCUT2D eigenvalue weighted by atomic mass is 9.99. The van der Waals surface area contributed by atoms with Gasteiger partial charge in [-0.05, 0) is 50.8 Å². The fourth-order valence-corrected chi connectivity index (χ4v) is 4.72. The summed E-state index contributed by atoms with van der Waals surface area (Å²) in [5, 5.41) is 14.4. The smallest absolute Gasteiger partial charge is 0.295 e. The van der Waals surface area contributed by atoms with Crippen LogP contribution in [-0.4, -0.2) is 61.0 Å². The van der Waals surface area contributed by atoms with Crippen molar-refractivity contribution in [2.45, 2.75) is 64.3 Å². The normalized spacial score (nSPS) is 12.3. The van der Waals surface area contributed by atoms with Crippen LogP contribution in [0.1, 0.15) is 67.6 Å². The number of rotatable bonds is 15. The van der Waals surface area contributed by atoms with Crippen LogP contribution in [0.3, 0.4) is 0 Å². The molecule has 0 saturated heterocycles. The number of unbranched alkanes of at least 4 members (excludes halogenated alkanes) is 3. The highest BCUT2D eigenvalue weighted by Gasteiger charge is 2.31. The summed E-state index contributed by atoms with van der Waals surface area (Å²) in [7, 11) is 6.23. The zero-order valence-electron chi connectivity index (χ0n) is 24.6. The molecule has 224 valence electrons. The predicted molar refractivity (Wildman–Crippen MR) is 153 cm³/mol. The van der Waals surface area contributed by atoms with Gasteiger partial charge in [0.1, 0.15) is 18.2 Å². The van der Waals surface area contributed by atoms with E-state index in [1.54, 1.807) is 40.3 Å². The molecule has 0 aliphatic rings. The van der Waals surface area contributed by atoms with Gasteiger partial charge >= 0.3 is 0 Å². The third-order valence-corrected chi connectivity index (χ3v) is 7.09. The molecule has 1 atom stereocenters. The van der Waals surface area contributed by atoms with Gasteiger partial charge in [-0.25, -0.2) is 15.0 Å². The molecule has 0 aliphatic heterocycles. The molecule has 1 amide bonds. The van der Waals surface area contributed by atoms with Gasteiger partial charge in [-0.3, -0.25) is 9.63 Å². The Kier molecular flexibility index (Phi) is 11.2. The summed E-state index contributed by atoms with van der Waals surface area (Å²) in [5.41, 5.74) is 1.99. The van der Waals surface area contributed by atoms with Gasteiger partial charge in [0.25, 0.3) is 5.92 Å². The highest BCUT2D eigenvalue weighted by atomic mass is 19.3. The van der Waals surface area contributed by atoms with Gasteiger partial charge in [0.05, 0.1) is 26.8 Å². The number of halogens is 2. The van der Waals surface area contributed by atoms with Crippen LogP contribution in [-0.2, 0) is 22.0 Å². The number of methoxy groups -OCH3 is 2. The Labute approximate surface area is 239 Å². The number of ether oxygens (including phenoxy) is 2. The number of aryl methyl sites for hydroxylation is 2. The van der Waals surface area contributed by atoms with E-state index in [9.17, 15) is 13.6 Å². The Morgan fingerprint density at radius 1 is 1.10 bits per heavy atom. The van der Waals surface area contributed by atoms with Gasteiger partial charge in [0.15, 0.2) is 11.5 Å². The molecule has 3 rings (SSSR count). The second-order valence-corrected chi connectivity index (χ2v) is 9.95. The third-order valence-electron chi connectivity index (χ3n) is 7.09. The van der Waals surface area contributed by atoms with E-state index in [4.69, 9.17) is 24.4 Å². The topological polar surface area (TPSA) is 106 Å². The molecule has 1 heterocycles. The third kappa shape index (κ3) is 7.80. The van der Waals surface area contributed by atoms with E-state index < -0.39 is 12.5 Å². The van der Waals surface area contributed by atoms with Crippen molar-refractivity contribution in [1.29, 1.82) is 0 Å². The van der Waals surface area contributed by atoms with Crippen molar-refractivity contribution in [1.82, 2.24) is 15.0 Å². The van der Waals surface area contributed by atoms with Crippen LogP contribution in [0.15, 0.2) is 30.3 Å². The van der Waals surface area contributed by atoms with Crippen LogP contribution in [0.2, 0.25) is 0 Å². The van der Waals surface area contributed by atoms with Gasteiger partial charge in [0, 0.05) is 36.0 Å². The number of benzene rings is 2. The lowest BCUT2D eigenvalue weighted by Crippen LogP contribution is -2.24. The number of amides is 1. The second kappa shape index (κ2) is 14.4. The fourth-order valence-electron chi connectivity index (χ4n) is 4.72. The molecule has 0 aliphatic carbocycles. The van der Waals surface area contributed by atoms with E-state index in [1.165, 1.54) is 24.3 Å². The Bertz CT molecular complexity index is 1340. The van der Waals surface area contributed by atoms with Crippen molar-refractivity contribution in [2.24, 2.45) is 0 Å². The summed E-state index contributed by atoms with van der Waals surface area (Å²) in [4.78, 5) is 26.2. The van der Waals surface area contributed by atoms with Crippen LogP contribution in [0.25, 0.3) is 10.9 Å². The first-order valence-corrected chi connectivity index (χ1v) is 13.6. The summed E-state index contributed by atoms with van der Waals surface area (Å²) < 4.78 is 39.7. The van der Waals surface area contributed by atoms with Crippen molar-refractivity contribution in [3.8, 4) is 11.5 Å². The molecule has 1 unspecified atom stereocenters. The van der Waals surface area contributed by atoms with Crippen molar-refractivity contribution in [2.75, 3.05) is 40.3 Å². The van der Waals surface area contributed by atoms with E-state index in [0.29, 0.717) is 41.5 Å². The number of anilines is 1. The molecule has 41 heavy (non-hydrogen) atoms. The molecular weight excluding hydrogens is 534 g/mol. The Balaban J connectivity index is 1.87. The lowest BCUT2D eigenvalue weighted by Gasteiger charge is -2.21.